The second-order valence-electron chi connectivity index (χ2n) is 6.98. The van der Waals surface area contributed by atoms with Gasteiger partial charge in [-0.1, -0.05) is 0 Å². The molecule has 3 rings (SSSR count). The topological polar surface area (TPSA) is 36.0 Å². The number of nitrogens with zero attached hydrogens (tertiary/aromatic N) is 3. The Bertz CT molecular complexity index is 352. The lowest BCUT2D eigenvalue weighted by Gasteiger charge is -2.24. The second kappa shape index (κ2) is 8.27. The number of amides is 1. The Labute approximate surface area is 134 Å². The molecule has 3 saturated heterocycles. The molecule has 0 aromatic carbocycles. The molecule has 22 heavy (non-hydrogen) atoms. The van der Waals surface area contributed by atoms with Crippen LogP contribution in [0.1, 0.15) is 38.5 Å². The van der Waals surface area contributed by atoms with Crippen molar-refractivity contribution in [3.63, 3.8) is 0 Å². The van der Waals surface area contributed by atoms with Gasteiger partial charge in [0.05, 0.1) is 12.6 Å². The monoisotopic (exact) mass is 309 g/mol. The van der Waals surface area contributed by atoms with E-state index in [9.17, 15) is 4.79 Å². The van der Waals surface area contributed by atoms with E-state index in [0.717, 1.165) is 45.9 Å². The number of hydrogen-bond donors (Lipinski definition) is 0. The van der Waals surface area contributed by atoms with Crippen molar-refractivity contribution in [3.8, 4) is 0 Å². The van der Waals surface area contributed by atoms with E-state index >= 15 is 0 Å². The number of rotatable bonds is 5. The molecule has 0 N–H and O–H groups in total. The zero-order valence-corrected chi connectivity index (χ0v) is 13.8. The van der Waals surface area contributed by atoms with Crippen LogP contribution >= 0.6 is 0 Å². The Kier molecular flexibility index (Phi) is 6.10. The molecule has 5 heteroatoms. The Hall–Kier alpha value is -0.650. The van der Waals surface area contributed by atoms with Gasteiger partial charge >= 0.3 is 0 Å². The molecule has 3 fully saturated rings. The van der Waals surface area contributed by atoms with Crippen LogP contribution in [0.3, 0.4) is 0 Å². The minimum Gasteiger partial charge on any atom is -0.378 e. The molecule has 0 radical (unpaired) electrons. The van der Waals surface area contributed by atoms with Crippen LogP contribution in [-0.4, -0.2) is 85.7 Å². The van der Waals surface area contributed by atoms with Gasteiger partial charge in [-0.25, -0.2) is 0 Å². The first kappa shape index (κ1) is 16.2. The van der Waals surface area contributed by atoms with E-state index in [1.54, 1.807) is 0 Å². The summed E-state index contributed by atoms with van der Waals surface area (Å²) in [5, 5.41) is 0. The first-order valence-electron chi connectivity index (χ1n) is 9.15. The number of hydrogen-bond acceptors (Lipinski definition) is 4. The molecule has 0 unspecified atom stereocenters. The highest BCUT2D eigenvalue weighted by molar-refractivity contribution is 5.78. The summed E-state index contributed by atoms with van der Waals surface area (Å²) in [4.78, 5) is 19.2. The maximum Gasteiger partial charge on any atom is 0.236 e. The van der Waals surface area contributed by atoms with Crippen LogP contribution in [0.25, 0.3) is 0 Å². The predicted molar refractivity (Wildman–Crippen MR) is 86.9 cm³/mol. The van der Waals surface area contributed by atoms with Crippen molar-refractivity contribution in [1.82, 2.24) is 14.7 Å². The van der Waals surface area contributed by atoms with E-state index < -0.39 is 0 Å². The third-order valence-corrected chi connectivity index (χ3v) is 5.29. The highest BCUT2D eigenvalue weighted by Crippen LogP contribution is 2.16. The maximum absolute atomic E-state index is 12.3. The smallest absolute Gasteiger partial charge is 0.236 e. The standard InChI is InChI=1S/C17H31N3O2/c21-17(20-9-1-2-10-20)15-19-8-4-7-18(12-13-19)11-6-16-5-3-14-22-16/h16H,1-15H2/t16-/m1/s1. The summed E-state index contributed by atoms with van der Waals surface area (Å²) in [6, 6.07) is 0. The van der Waals surface area contributed by atoms with E-state index in [0.29, 0.717) is 18.6 Å². The van der Waals surface area contributed by atoms with Gasteiger partial charge in [-0.05, 0) is 51.6 Å². The van der Waals surface area contributed by atoms with Gasteiger partial charge in [-0.2, -0.15) is 0 Å². The van der Waals surface area contributed by atoms with Crippen LogP contribution < -0.4 is 0 Å². The van der Waals surface area contributed by atoms with Crippen LogP contribution in [-0.2, 0) is 9.53 Å². The molecule has 3 aliphatic heterocycles. The van der Waals surface area contributed by atoms with Gasteiger partial charge in [-0.15, -0.1) is 0 Å². The lowest BCUT2D eigenvalue weighted by Crippen LogP contribution is -2.40. The summed E-state index contributed by atoms with van der Waals surface area (Å²) < 4.78 is 5.72. The van der Waals surface area contributed by atoms with Gasteiger partial charge in [-0.3, -0.25) is 9.69 Å². The Morgan fingerprint density at radius 1 is 0.909 bits per heavy atom. The van der Waals surface area contributed by atoms with E-state index in [1.807, 2.05) is 4.90 Å². The summed E-state index contributed by atoms with van der Waals surface area (Å²) in [6.45, 7) is 9.04. The summed E-state index contributed by atoms with van der Waals surface area (Å²) in [5.74, 6) is 0.338. The van der Waals surface area contributed by atoms with Gasteiger partial charge in [0, 0.05) is 39.3 Å². The Morgan fingerprint density at radius 2 is 1.68 bits per heavy atom. The van der Waals surface area contributed by atoms with Crippen LogP contribution in [0.15, 0.2) is 0 Å². The van der Waals surface area contributed by atoms with Gasteiger partial charge in [0.25, 0.3) is 0 Å². The molecule has 3 aliphatic rings. The summed E-state index contributed by atoms with van der Waals surface area (Å²) in [7, 11) is 0. The van der Waals surface area contributed by atoms with E-state index in [4.69, 9.17) is 4.74 Å². The van der Waals surface area contributed by atoms with Gasteiger partial charge in [0.15, 0.2) is 0 Å². The quantitative estimate of drug-likeness (QED) is 0.764. The zero-order valence-electron chi connectivity index (χ0n) is 13.8. The molecule has 0 aromatic rings. The summed E-state index contributed by atoms with van der Waals surface area (Å²) >= 11 is 0. The molecule has 0 spiro atoms. The third kappa shape index (κ3) is 4.67. The van der Waals surface area contributed by atoms with E-state index in [1.165, 1.54) is 45.1 Å². The predicted octanol–water partition coefficient (Wildman–Crippen LogP) is 1.19. The molecule has 3 heterocycles. The molecule has 0 aliphatic carbocycles. The van der Waals surface area contributed by atoms with Crippen molar-refractivity contribution in [2.24, 2.45) is 0 Å². The molecule has 1 amide bonds. The molecule has 126 valence electrons. The average Bonchev–Trinajstić information content (AvgIpc) is 3.18. The second-order valence-corrected chi connectivity index (χ2v) is 6.98. The molecule has 0 saturated carbocycles. The summed E-state index contributed by atoms with van der Waals surface area (Å²) in [5.41, 5.74) is 0. The van der Waals surface area contributed by atoms with Crippen molar-refractivity contribution in [3.05, 3.63) is 0 Å². The van der Waals surface area contributed by atoms with E-state index in [2.05, 4.69) is 9.80 Å². The Morgan fingerprint density at radius 3 is 2.45 bits per heavy atom. The van der Waals surface area contributed by atoms with Crippen molar-refractivity contribution < 1.29 is 9.53 Å². The lowest BCUT2D eigenvalue weighted by molar-refractivity contribution is -0.131. The number of ether oxygens (including phenoxy) is 1. The number of likely N-dealkylation sites (tertiary alicyclic amines) is 1. The number of carbonyl (C=O) groups is 1. The van der Waals surface area contributed by atoms with Crippen LogP contribution in [0.5, 0.6) is 0 Å². The highest BCUT2D eigenvalue weighted by atomic mass is 16.5. The SMILES string of the molecule is O=C(CN1CCCN(CC[C@H]2CCCO2)CC1)N1CCCC1. The normalized spacial score (nSPS) is 28.2. The maximum atomic E-state index is 12.3. The van der Waals surface area contributed by atoms with Crippen LogP contribution in [0.2, 0.25) is 0 Å². The zero-order chi connectivity index (χ0) is 15.2. The van der Waals surface area contributed by atoms with Gasteiger partial charge < -0.3 is 14.5 Å². The fraction of sp³-hybridized carbons (Fsp3) is 0.941. The van der Waals surface area contributed by atoms with E-state index in [-0.39, 0.29) is 0 Å². The van der Waals surface area contributed by atoms with Gasteiger partial charge in [0.1, 0.15) is 0 Å². The fourth-order valence-corrected chi connectivity index (χ4v) is 3.86. The number of carbonyl (C=O) groups excluding carboxylic acids is 1. The molecule has 0 bridgehead atoms. The largest absolute Gasteiger partial charge is 0.378 e. The first-order chi connectivity index (χ1) is 10.8. The molecular formula is C17H31N3O2. The van der Waals surface area contributed by atoms with Crippen LogP contribution in [0, 0.1) is 0 Å². The molecular weight excluding hydrogens is 278 g/mol. The van der Waals surface area contributed by atoms with Crippen molar-refractivity contribution in [1.29, 1.82) is 0 Å². The van der Waals surface area contributed by atoms with Crippen LogP contribution in [0.4, 0.5) is 0 Å². The fourth-order valence-electron chi connectivity index (χ4n) is 3.86. The van der Waals surface area contributed by atoms with Crippen molar-refractivity contribution in [2.45, 2.75) is 44.6 Å². The average molecular weight is 309 g/mol. The minimum absolute atomic E-state index is 0.338. The Balaban J connectivity index is 1.36. The first-order valence-corrected chi connectivity index (χ1v) is 9.15. The summed E-state index contributed by atoms with van der Waals surface area (Å²) in [6.07, 6.45) is 7.69. The third-order valence-electron chi connectivity index (χ3n) is 5.29. The molecule has 1 atom stereocenters. The lowest BCUT2D eigenvalue weighted by atomic mass is 10.2. The van der Waals surface area contributed by atoms with Crippen molar-refractivity contribution >= 4 is 5.91 Å². The molecule has 5 nitrogen and oxygen atoms in total. The highest BCUT2D eigenvalue weighted by Gasteiger charge is 2.23. The minimum atomic E-state index is 0.338. The van der Waals surface area contributed by atoms with Gasteiger partial charge in [0.2, 0.25) is 5.91 Å². The molecule has 0 aromatic heterocycles. The van der Waals surface area contributed by atoms with Crippen molar-refractivity contribution in [2.75, 3.05) is 59.0 Å².